The molecule has 0 saturated heterocycles. The number of thiazole rings is 1. The van der Waals surface area contributed by atoms with Gasteiger partial charge in [-0.15, -0.1) is 23.1 Å². The van der Waals surface area contributed by atoms with Crippen LogP contribution in [0, 0.1) is 0 Å². The van der Waals surface area contributed by atoms with E-state index in [1.165, 1.54) is 35.2 Å². The van der Waals surface area contributed by atoms with Gasteiger partial charge in [0.15, 0.2) is 5.13 Å². The van der Waals surface area contributed by atoms with Crippen LogP contribution in [0.5, 0.6) is 0 Å². The Morgan fingerprint density at radius 2 is 1.45 bits per heavy atom. The van der Waals surface area contributed by atoms with Crippen LogP contribution in [-0.4, -0.2) is 27.9 Å². The average Bonchev–Trinajstić information content (AvgIpc) is 3.52. The van der Waals surface area contributed by atoms with E-state index in [1.54, 1.807) is 30.3 Å². The zero-order valence-electron chi connectivity index (χ0n) is 23.1. The topological polar surface area (TPSA) is 108 Å². The number of nitrogens with zero attached hydrogens (tertiary/aromatic N) is 1. The van der Waals surface area contributed by atoms with E-state index in [0.717, 1.165) is 32.5 Å². The van der Waals surface area contributed by atoms with E-state index in [2.05, 4.69) is 34.9 Å². The molecule has 5 aromatic carbocycles. The van der Waals surface area contributed by atoms with Crippen molar-refractivity contribution < 1.29 is 19.5 Å². The lowest BCUT2D eigenvalue weighted by molar-refractivity contribution is -0.115. The molecule has 216 valence electrons. The minimum absolute atomic E-state index is 0.0612. The number of amides is 2. The van der Waals surface area contributed by atoms with Crippen LogP contribution >= 0.6 is 23.1 Å². The van der Waals surface area contributed by atoms with Gasteiger partial charge in [0.05, 0.1) is 16.8 Å². The van der Waals surface area contributed by atoms with Gasteiger partial charge in [0.1, 0.15) is 5.25 Å². The number of aromatic carboxylic acids is 1. The number of carbonyl (C=O) groups excluding carboxylic acids is 2. The van der Waals surface area contributed by atoms with E-state index >= 15 is 0 Å². The van der Waals surface area contributed by atoms with Crippen LogP contribution in [0.4, 0.5) is 10.8 Å². The van der Waals surface area contributed by atoms with Gasteiger partial charge < -0.3 is 15.7 Å². The molecule has 6 rings (SSSR count). The Bertz CT molecular complexity index is 1990. The lowest BCUT2D eigenvalue weighted by atomic mass is 10.1. The highest BCUT2D eigenvalue weighted by Gasteiger charge is 2.24. The van der Waals surface area contributed by atoms with Crippen molar-refractivity contribution in [1.82, 2.24) is 4.98 Å². The molecular weight excluding hydrogens is 591 g/mol. The number of nitrogens with one attached hydrogen (secondary N) is 2. The van der Waals surface area contributed by atoms with Gasteiger partial charge in [0.2, 0.25) is 5.91 Å². The standard InChI is InChI=1S/C35H25N3O4S2/c39-32(28-15-6-7-16-29(28)34(41)42)36-26-13-8-14-27(20-26)44-31(23-10-2-1-3-11-23)33(40)38-35-37-30(21-43-35)25-18-17-22-9-4-5-12-24(22)19-25/h1-21,31H,(H,36,39)(H,41,42)(H,37,38,40). The zero-order valence-corrected chi connectivity index (χ0v) is 24.8. The molecule has 1 heterocycles. The van der Waals surface area contributed by atoms with E-state index < -0.39 is 17.1 Å². The number of anilines is 2. The summed E-state index contributed by atoms with van der Waals surface area (Å²) < 4.78 is 0. The highest BCUT2D eigenvalue weighted by molar-refractivity contribution is 8.00. The molecule has 1 aromatic heterocycles. The predicted octanol–water partition coefficient (Wildman–Crippen LogP) is 8.39. The number of carboxylic acid groups (broad SMARTS) is 1. The fraction of sp³-hybridized carbons (Fsp3) is 0.0286. The molecule has 44 heavy (non-hydrogen) atoms. The molecule has 0 radical (unpaired) electrons. The number of aromatic nitrogens is 1. The van der Waals surface area contributed by atoms with Crippen molar-refractivity contribution >= 4 is 62.5 Å². The van der Waals surface area contributed by atoms with Crippen LogP contribution in [0.3, 0.4) is 0 Å². The second kappa shape index (κ2) is 12.9. The summed E-state index contributed by atoms with van der Waals surface area (Å²) in [7, 11) is 0. The quantitative estimate of drug-likeness (QED) is 0.141. The molecule has 3 N–H and O–H groups in total. The summed E-state index contributed by atoms with van der Waals surface area (Å²) in [6.45, 7) is 0. The van der Waals surface area contributed by atoms with Crippen molar-refractivity contribution in [3.8, 4) is 11.3 Å². The van der Waals surface area contributed by atoms with Crippen molar-refractivity contribution in [2.24, 2.45) is 0 Å². The largest absolute Gasteiger partial charge is 0.478 e. The Kier molecular flexibility index (Phi) is 8.49. The van der Waals surface area contributed by atoms with Gasteiger partial charge in [-0.2, -0.15) is 0 Å². The summed E-state index contributed by atoms with van der Waals surface area (Å²) >= 11 is 2.70. The molecule has 0 aliphatic carbocycles. The molecule has 2 amide bonds. The van der Waals surface area contributed by atoms with Gasteiger partial charge in [-0.25, -0.2) is 9.78 Å². The van der Waals surface area contributed by atoms with Gasteiger partial charge in [-0.1, -0.05) is 84.9 Å². The smallest absolute Gasteiger partial charge is 0.336 e. The molecule has 0 spiro atoms. The minimum Gasteiger partial charge on any atom is -0.478 e. The van der Waals surface area contributed by atoms with E-state index in [1.807, 2.05) is 60.0 Å². The lowest BCUT2D eigenvalue weighted by Crippen LogP contribution is -2.19. The summed E-state index contributed by atoms with van der Waals surface area (Å²) in [6.07, 6.45) is 0. The van der Waals surface area contributed by atoms with E-state index in [-0.39, 0.29) is 17.0 Å². The van der Waals surface area contributed by atoms with Crippen LogP contribution in [0.1, 0.15) is 31.5 Å². The normalized spacial score (nSPS) is 11.5. The van der Waals surface area contributed by atoms with E-state index in [4.69, 9.17) is 4.98 Å². The molecule has 1 atom stereocenters. The second-order valence-corrected chi connectivity index (χ2v) is 11.9. The fourth-order valence-electron chi connectivity index (χ4n) is 4.73. The molecule has 6 aromatic rings. The Hall–Kier alpha value is -5.25. The molecule has 0 aliphatic rings. The van der Waals surface area contributed by atoms with Crippen LogP contribution in [0.15, 0.2) is 132 Å². The van der Waals surface area contributed by atoms with Crippen molar-refractivity contribution in [3.63, 3.8) is 0 Å². The van der Waals surface area contributed by atoms with Crippen molar-refractivity contribution in [2.45, 2.75) is 10.1 Å². The molecule has 7 nitrogen and oxygen atoms in total. The van der Waals surface area contributed by atoms with Crippen LogP contribution in [-0.2, 0) is 4.79 Å². The van der Waals surface area contributed by atoms with Gasteiger partial charge in [-0.05, 0) is 52.7 Å². The Labute approximate surface area is 261 Å². The monoisotopic (exact) mass is 615 g/mol. The number of thioether (sulfide) groups is 1. The summed E-state index contributed by atoms with van der Waals surface area (Å²) in [4.78, 5) is 43.6. The highest BCUT2D eigenvalue weighted by atomic mass is 32.2. The van der Waals surface area contributed by atoms with Gasteiger partial charge in [0.25, 0.3) is 5.91 Å². The SMILES string of the molecule is O=C(O)c1ccccc1C(=O)Nc1cccc(SC(C(=O)Nc2nc(-c3ccc4ccccc4c3)cs2)c2ccccc2)c1. The number of fused-ring (bicyclic) bond motifs is 1. The second-order valence-electron chi connectivity index (χ2n) is 9.83. The van der Waals surface area contributed by atoms with E-state index in [9.17, 15) is 19.5 Å². The predicted molar refractivity (Wildman–Crippen MR) is 177 cm³/mol. The minimum atomic E-state index is -1.18. The summed E-state index contributed by atoms with van der Waals surface area (Å²) in [5.74, 6) is -1.94. The van der Waals surface area contributed by atoms with Gasteiger partial charge in [0, 0.05) is 21.5 Å². The summed E-state index contributed by atoms with van der Waals surface area (Å²) in [6, 6.07) is 36.9. The van der Waals surface area contributed by atoms with Crippen LogP contribution in [0.2, 0.25) is 0 Å². The summed E-state index contributed by atoms with van der Waals surface area (Å²) in [5.41, 5.74) is 3.03. The number of rotatable bonds is 9. The third-order valence-corrected chi connectivity index (χ3v) is 8.87. The molecule has 0 aliphatic heterocycles. The van der Waals surface area contributed by atoms with Crippen molar-refractivity contribution in [2.75, 3.05) is 10.6 Å². The van der Waals surface area contributed by atoms with Crippen LogP contribution in [0.25, 0.3) is 22.0 Å². The molecule has 0 fully saturated rings. The molecule has 1 unspecified atom stereocenters. The number of hydrogen-bond donors (Lipinski definition) is 3. The van der Waals surface area contributed by atoms with Gasteiger partial charge >= 0.3 is 5.97 Å². The lowest BCUT2D eigenvalue weighted by Gasteiger charge is -2.17. The van der Waals surface area contributed by atoms with Crippen LogP contribution < -0.4 is 10.6 Å². The Balaban J connectivity index is 1.21. The Morgan fingerprint density at radius 3 is 2.25 bits per heavy atom. The number of benzene rings is 5. The first-order valence-electron chi connectivity index (χ1n) is 13.7. The van der Waals surface area contributed by atoms with Gasteiger partial charge in [-0.3, -0.25) is 9.59 Å². The number of carboxylic acids is 1. The third-order valence-electron chi connectivity index (χ3n) is 6.87. The molecule has 9 heteroatoms. The number of carbonyl (C=O) groups is 3. The fourth-order valence-corrected chi connectivity index (χ4v) is 6.54. The maximum Gasteiger partial charge on any atom is 0.336 e. The zero-order chi connectivity index (χ0) is 30.5. The first-order valence-corrected chi connectivity index (χ1v) is 15.4. The molecule has 0 saturated carbocycles. The first kappa shape index (κ1) is 28.9. The molecular formula is C35H25N3O4S2. The highest BCUT2D eigenvalue weighted by Crippen LogP contribution is 2.38. The first-order chi connectivity index (χ1) is 21.4. The maximum absolute atomic E-state index is 13.7. The maximum atomic E-state index is 13.7. The van der Waals surface area contributed by atoms with Crippen molar-refractivity contribution in [3.05, 3.63) is 143 Å². The number of hydrogen-bond acceptors (Lipinski definition) is 6. The Morgan fingerprint density at radius 1 is 0.727 bits per heavy atom. The summed E-state index contributed by atoms with van der Waals surface area (Å²) in [5, 5.41) is 19.3. The van der Waals surface area contributed by atoms with E-state index in [0.29, 0.717) is 10.8 Å². The molecule has 0 bridgehead atoms. The average molecular weight is 616 g/mol. The third kappa shape index (κ3) is 6.54. The van der Waals surface area contributed by atoms with Crippen molar-refractivity contribution in [1.29, 1.82) is 0 Å².